The molecule has 1 aromatic heterocycles. The zero-order valence-corrected chi connectivity index (χ0v) is 13.6. The van der Waals surface area contributed by atoms with Gasteiger partial charge in [0.2, 0.25) is 0 Å². The largest absolute Gasteiger partial charge is 0.497 e. The second-order valence-electron chi connectivity index (χ2n) is 5.51. The van der Waals surface area contributed by atoms with Crippen LogP contribution in [0.15, 0.2) is 48.7 Å². The lowest BCUT2D eigenvalue weighted by atomic mass is 10.1. The minimum Gasteiger partial charge on any atom is -0.497 e. The Balaban J connectivity index is 1.69. The highest BCUT2D eigenvalue weighted by Crippen LogP contribution is 2.24. The van der Waals surface area contributed by atoms with E-state index in [-0.39, 0.29) is 11.3 Å². The molecule has 0 aliphatic heterocycles. The zero-order valence-electron chi connectivity index (χ0n) is 13.6. The number of H-pyrrole nitrogens is 1. The summed E-state index contributed by atoms with van der Waals surface area (Å²) in [7, 11) is 1.61. The molecule has 25 heavy (non-hydrogen) atoms. The van der Waals surface area contributed by atoms with Gasteiger partial charge in [0.25, 0.3) is 11.6 Å². The Labute approximate surface area is 143 Å². The van der Waals surface area contributed by atoms with E-state index in [1.165, 1.54) is 18.2 Å². The van der Waals surface area contributed by atoms with Crippen LogP contribution in [0.4, 0.5) is 5.69 Å². The molecule has 0 aliphatic carbocycles. The number of hydrogen-bond donors (Lipinski definition) is 2. The third-order valence-electron chi connectivity index (χ3n) is 4.00. The molecule has 7 nitrogen and oxygen atoms in total. The normalized spacial score (nSPS) is 10.6. The Kier molecular flexibility index (Phi) is 4.65. The Morgan fingerprint density at radius 3 is 2.84 bits per heavy atom. The predicted molar refractivity (Wildman–Crippen MR) is 94.0 cm³/mol. The van der Waals surface area contributed by atoms with Gasteiger partial charge >= 0.3 is 0 Å². The minimum atomic E-state index is -0.555. The van der Waals surface area contributed by atoms with Crippen molar-refractivity contribution >= 4 is 22.5 Å². The van der Waals surface area contributed by atoms with Gasteiger partial charge in [0.1, 0.15) is 11.3 Å². The van der Waals surface area contributed by atoms with Crippen molar-refractivity contribution in [1.29, 1.82) is 0 Å². The summed E-state index contributed by atoms with van der Waals surface area (Å²) in [6.45, 7) is 0.370. The van der Waals surface area contributed by atoms with Crippen LogP contribution in [0.5, 0.6) is 5.75 Å². The van der Waals surface area contributed by atoms with E-state index in [1.807, 2.05) is 24.4 Å². The van der Waals surface area contributed by atoms with Crippen LogP contribution in [-0.4, -0.2) is 29.5 Å². The lowest BCUT2D eigenvalue weighted by molar-refractivity contribution is -0.385. The summed E-state index contributed by atoms with van der Waals surface area (Å²) in [4.78, 5) is 25.8. The number of aromatic amines is 1. The molecule has 0 saturated carbocycles. The first kappa shape index (κ1) is 16.5. The molecule has 0 atom stereocenters. The van der Waals surface area contributed by atoms with Crippen molar-refractivity contribution in [3.05, 3.63) is 69.9 Å². The summed E-state index contributed by atoms with van der Waals surface area (Å²) >= 11 is 0. The van der Waals surface area contributed by atoms with Gasteiger partial charge in [-0.1, -0.05) is 12.1 Å². The second kappa shape index (κ2) is 7.04. The standard InChI is InChI=1S/C18H17N3O4/c1-25-13-6-7-16-15(10-13)12(11-20-16)8-9-19-18(22)14-4-2-3-5-17(14)21(23)24/h2-7,10-11,20H,8-9H2,1H3,(H,19,22). The number of rotatable bonds is 6. The number of carbonyl (C=O) groups excluding carboxylic acids is 1. The minimum absolute atomic E-state index is 0.0631. The fourth-order valence-electron chi connectivity index (χ4n) is 2.72. The average Bonchev–Trinajstić information content (AvgIpc) is 3.03. The smallest absolute Gasteiger partial charge is 0.282 e. The maximum atomic E-state index is 12.2. The Morgan fingerprint density at radius 2 is 2.08 bits per heavy atom. The molecule has 0 unspecified atom stereocenters. The third kappa shape index (κ3) is 3.45. The van der Waals surface area contributed by atoms with Crippen molar-refractivity contribution in [2.45, 2.75) is 6.42 Å². The maximum Gasteiger partial charge on any atom is 0.282 e. The summed E-state index contributed by atoms with van der Waals surface area (Å²) < 4.78 is 5.24. The number of carbonyl (C=O) groups is 1. The number of benzene rings is 2. The lowest BCUT2D eigenvalue weighted by Gasteiger charge is -2.06. The molecule has 0 radical (unpaired) electrons. The maximum absolute atomic E-state index is 12.2. The fourth-order valence-corrected chi connectivity index (χ4v) is 2.72. The number of nitro groups is 1. The van der Waals surface area contributed by atoms with E-state index in [0.717, 1.165) is 22.2 Å². The van der Waals surface area contributed by atoms with E-state index >= 15 is 0 Å². The number of aromatic nitrogens is 1. The average molecular weight is 339 g/mol. The molecule has 1 amide bonds. The first-order valence-corrected chi connectivity index (χ1v) is 7.76. The number of ether oxygens (including phenoxy) is 1. The molecular weight excluding hydrogens is 322 g/mol. The monoisotopic (exact) mass is 339 g/mol. The Bertz CT molecular complexity index is 933. The lowest BCUT2D eigenvalue weighted by Crippen LogP contribution is -2.26. The van der Waals surface area contributed by atoms with Crippen molar-refractivity contribution in [1.82, 2.24) is 10.3 Å². The van der Waals surface area contributed by atoms with Gasteiger partial charge in [-0.15, -0.1) is 0 Å². The van der Waals surface area contributed by atoms with Crippen LogP contribution in [-0.2, 0) is 6.42 Å². The highest BCUT2D eigenvalue weighted by molar-refractivity contribution is 5.98. The summed E-state index contributed by atoms with van der Waals surface area (Å²) in [6, 6.07) is 11.7. The second-order valence-corrected chi connectivity index (χ2v) is 5.51. The fraction of sp³-hybridized carbons (Fsp3) is 0.167. The molecular formula is C18H17N3O4. The van der Waals surface area contributed by atoms with Crippen LogP contribution >= 0.6 is 0 Å². The van der Waals surface area contributed by atoms with Crippen molar-refractivity contribution in [2.75, 3.05) is 13.7 Å². The van der Waals surface area contributed by atoms with Gasteiger partial charge in [0, 0.05) is 29.7 Å². The molecule has 0 spiro atoms. The van der Waals surface area contributed by atoms with E-state index in [0.29, 0.717) is 13.0 Å². The first-order chi connectivity index (χ1) is 12.1. The van der Waals surface area contributed by atoms with E-state index in [9.17, 15) is 14.9 Å². The van der Waals surface area contributed by atoms with Crippen LogP contribution in [0.25, 0.3) is 10.9 Å². The summed E-state index contributed by atoms with van der Waals surface area (Å²) in [5.74, 6) is 0.307. The number of hydrogen-bond acceptors (Lipinski definition) is 4. The van der Waals surface area contributed by atoms with Crippen LogP contribution in [0, 0.1) is 10.1 Å². The van der Waals surface area contributed by atoms with Crippen molar-refractivity contribution in [3.63, 3.8) is 0 Å². The Hall–Kier alpha value is -3.35. The number of fused-ring (bicyclic) bond motifs is 1. The SMILES string of the molecule is COc1ccc2[nH]cc(CCNC(=O)c3ccccc3[N+](=O)[O-])c2c1. The Morgan fingerprint density at radius 1 is 1.28 bits per heavy atom. The van der Waals surface area contributed by atoms with Gasteiger partial charge in [0.05, 0.1) is 12.0 Å². The molecule has 2 aromatic carbocycles. The molecule has 0 aliphatic rings. The van der Waals surface area contributed by atoms with Gasteiger partial charge in [-0.25, -0.2) is 0 Å². The molecule has 2 N–H and O–H groups in total. The van der Waals surface area contributed by atoms with Crippen LogP contribution in [0.2, 0.25) is 0 Å². The highest BCUT2D eigenvalue weighted by atomic mass is 16.6. The molecule has 7 heteroatoms. The highest BCUT2D eigenvalue weighted by Gasteiger charge is 2.18. The van der Waals surface area contributed by atoms with Gasteiger partial charge in [-0.3, -0.25) is 14.9 Å². The number of nitrogens with zero attached hydrogens (tertiary/aromatic N) is 1. The van der Waals surface area contributed by atoms with Crippen molar-refractivity contribution in [3.8, 4) is 5.75 Å². The van der Waals surface area contributed by atoms with Gasteiger partial charge in [-0.2, -0.15) is 0 Å². The topological polar surface area (TPSA) is 97.3 Å². The predicted octanol–water partition coefficient (Wildman–Crippen LogP) is 3.06. The van der Waals surface area contributed by atoms with Gasteiger partial charge < -0.3 is 15.0 Å². The van der Waals surface area contributed by atoms with Crippen molar-refractivity contribution in [2.24, 2.45) is 0 Å². The van der Waals surface area contributed by atoms with Crippen molar-refractivity contribution < 1.29 is 14.5 Å². The molecule has 128 valence electrons. The molecule has 1 heterocycles. The number of nitrogens with one attached hydrogen (secondary N) is 2. The number of methoxy groups -OCH3 is 1. The zero-order chi connectivity index (χ0) is 17.8. The van der Waals surface area contributed by atoms with E-state index in [4.69, 9.17) is 4.74 Å². The van der Waals surface area contributed by atoms with Crippen LogP contribution < -0.4 is 10.1 Å². The van der Waals surface area contributed by atoms with E-state index in [1.54, 1.807) is 13.2 Å². The van der Waals surface area contributed by atoms with Gasteiger partial charge in [0.15, 0.2) is 0 Å². The number of para-hydroxylation sites is 1. The van der Waals surface area contributed by atoms with Crippen LogP contribution in [0.3, 0.4) is 0 Å². The summed E-state index contributed by atoms with van der Waals surface area (Å²) in [5, 5.41) is 14.8. The molecule has 3 aromatic rings. The summed E-state index contributed by atoms with van der Waals surface area (Å²) in [6.07, 6.45) is 2.49. The molecule has 0 fully saturated rings. The van der Waals surface area contributed by atoms with E-state index < -0.39 is 10.8 Å². The van der Waals surface area contributed by atoms with E-state index in [2.05, 4.69) is 10.3 Å². The summed E-state index contributed by atoms with van der Waals surface area (Å²) in [5.41, 5.74) is 1.89. The molecule has 3 rings (SSSR count). The number of amides is 1. The van der Waals surface area contributed by atoms with Gasteiger partial charge in [-0.05, 0) is 36.2 Å². The van der Waals surface area contributed by atoms with Crippen LogP contribution in [0.1, 0.15) is 15.9 Å². The molecule has 0 saturated heterocycles. The molecule has 0 bridgehead atoms. The quantitative estimate of drug-likeness (QED) is 0.533. The first-order valence-electron chi connectivity index (χ1n) is 7.76. The third-order valence-corrected chi connectivity index (χ3v) is 4.00. The number of nitro benzene ring substituents is 1.